The van der Waals surface area contributed by atoms with Crippen molar-refractivity contribution >= 4 is 17.6 Å². The van der Waals surface area contributed by atoms with Gasteiger partial charge in [-0.25, -0.2) is 14.2 Å². The normalized spacial score (nSPS) is 15.7. The van der Waals surface area contributed by atoms with Crippen molar-refractivity contribution in [3.63, 3.8) is 0 Å². The van der Waals surface area contributed by atoms with Gasteiger partial charge in [0.2, 0.25) is 0 Å². The van der Waals surface area contributed by atoms with Crippen molar-refractivity contribution in [3.05, 3.63) is 65.2 Å². The molecule has 0 fully saturated rings. The number of amides is 1. The maximum atomic E-state index is 13.4. The largest absolute Gasteiger partial charge is 0.380 e. The summed E-state index contributed by atoms with van der Waals surface area (Å²) in [7, 11) is 0. The third kappa shape index (κ3) is 4.81. The lowest BCUT2D eigenvalue weighted by Gasteiger charge is -2.17. The number of para-hydroxylation sites is 1. The molecule has 7 nitrogen and oxygen atoms in total. The molecule has 1 aliphatic heterocycles. The lowest BCUT2D eigenvalue weighted by atomic mass is 10.1. The number of hydrogen-bond acceptors (Lipinski definition) is 5. The van der Waals surface area contributed by atoms with E-state index in [1.165, 1.54) is 6.07 Å². The van der Waals surface area contributed by atoms with Gasteiger partial charge in [-0.15, -0.1) is 0 Å². The Balaban J connectivity index is 1.73. The number of halogens is 2. The number of hydrazine groups is 1. The molecule has 28 heavy (non-hydrogen) atoms. The van der Waals surface area contributed by atoms with Crippen LogP contribution in [0.3, 0.4) is 0 Å². The van der Waals surface area contributed by atoms with Gasteiger partial charge in [0.1, 0.15) is 6.17 Å². The molecule has 1 heterocycles. The van der Waals surface area contributed by atoms with E-state index in [9.17, 15) is 13.6 Å². The van der Waals surface area contributed by atoms with Crippen molar-refractivity contribution in [1.29, 1.82) is 0 Å². The summed E-state index contributed by atoms with van der Waals surface area (Å²) in [5.41, 5.74) is 7.92. The number of nitrogens with zero attached hydrogens (tertiary/aromatic N) is 1. The van der Waals surface area contributed by atoms with Crippen LogP contribution in [0.4, 0.5) is 14.5 Å². The summed E-state index contributed by atoms with van der Waals surface area (Å²) in [4.78, 5) is 16.8. The lowest BCUT2D eigenvalue weighted by Crippen LogP contribution is -2.46. The van der Waals surface area contributed by atoms with E-state index in [1.807, 2.05) is 31.2 Å². The molecule has 0 bridgehead atoms. The first-order valence-electron chi connectivity index (χ1n) is 8.84. The summed E-state index contributed by atoms with van der Waals surface area (Å²) < 4.78 is 31.8. The molecule has 1 atom stereocenters. The van der Waals surface area contributed by atoms with Crippen LogP contribution < -0.4 is 21.5 Å². The molecule has 3 rings (SSSR count). The fraction of sp³-hybridized carbons (Fsp3) is 0.263. The van der Waals surface area contributed by atoms with Crippen LogP contribution in [0, 0.1) is 11.6 Å². The summed E-state index contributed by atoms with van der Waals surface area (Å²) >= 11 is 0. The number of nitrogens with one attached hydrogen (secondary N) is 4. The van der Waals surface area contributed by atoms with Gasteiger partial charge >= 0.3 is 0 Å². The van der Waals surface area contributed by atoms with Gasteiger partial charge in [-0.1, -0.05) is 18.2 Å². The second-order valence-electron chi connectivity index (χ2n) is 5.94. The molecule has 1 unspecified atom stereocenters. The van der Waals surface area contributed by atoms with E-state index in [2.05, 4.69) is 26.5 Å². The Morgan fingerprint density at radius 3 is 2.82 bits per heavy atom. The molecule has 148 valence electrons. The zero-order valence-electron chi connectivity index (χ0n) is 15.3. The van der Waals surface area contributed by atoms with Crippen molar-refractivity contribution in [2.24, 2.45) is 4.99 Å². The van der Waals surface area contributed by atoms with Crippen molar-refractivity contribution in [2.45, 2.75) is 13.1 Å². The highest BCUT2D eigenvalue weighted by Crippen LogP contribution is 2.25. The predicted molar refractivity (Wildman–Crippen MR) is 102 cm³/mol. The number of aliphatic imine (C=N–C) groups is 1. The van der Waals surface area contributed by atoms with Crippen LogP contribution in [0.5, 0.6) is 0 Å². The predicted octanol–water partition coefficient (Wildman–Crippen LogP) is 2.31. The molecular weight excluding hydrogens is 368 g/mol. The highest BCUT2D eigenvalue weighted by Gasteiger charge is 2.23. The molecule has 1 amide bonds. The molecule has 2 aromatic carbocycles. The summed E-state index contributed by atoms with van der Waals surface area (Å²) in [6.45, 7) is 3.13. The van der Waals surface area contributed by atoms with E-state index in [0.29, 0.717) is 19.8 Å². The quantitative estimate of drug-likeness (QED) is 0.346. The zero-order valence-corrected chi connectivity index (χ0v) is 15.3. The highest BCUT2D eigenvalue weighted by molar-refractivity contribution is 6.05. The van der Waals surface area contributed by atoms with Crippen molar-refractivity contribution in [2.75, 3.05) is 25.2 Å². The number of guanidine groups is 1. The van der Waals surface area contributed by atoms with Gasteiger partial charge in [-0.2, -0.15) is 0 Å². The minimum absolute atomic E-state index is 0.0175. The molecular formula is C19H21F2N5O2. The van der Waals surface area contributed by atoms with E-state index in [1.54, 1.807) is 0 Å². The Bertz CT molecular complexity index is 875. The summed E-state index contributed by atoms with van der Waals surface area (Å²) in [6.07, 6.45) is -0.340. The fourth-order valence-corrected chi connectivity index (χ4v) is 2.65. The molecule has 0 spiro atoms. The second-order valence-corrected chi connectivity index (χ2v) is 5.94. The van der Waals surface area contributed by atoms with Gasteiger partial charge in [0.15, 0.2) is 17.6 Å². The van der Waals surface area contributed by atoms with E-state index in [4.69, 9.17) is 4.74 Å². The maximum Gasteiger partial charge on any atom is 0.258 e. The minimum atomic E-state index is -1.09. The van der Waals surface area contributed by atoms with Gasteiger partial charge in [-0.05, 0) is 31.2 Å². The van der Waals surface area contributed by atoms with Crippen LogP contribution in [0.25, 0.3) is 0 Å². The monoisotopic (exact) mass is 389 g/mol. The Kier molecular flexibility index (Phi) is 6.51. The Morgan fingerprint density at radius 1 is 1.21 bits per heavy atom. The number of carbonyl (C=O) groups is 1. The van der Waals surface area contributed by atoms with E-state index in [-0.39, 0.29) is 17.7 Å². The molecule has 0 saturated heterocycles. The number of ether oxygens (including phenoxy) is 1. The molecule has 0 radical (unpaired) electrons. The van der Waals surface area contributed by atoms with Gasteiger partial charge in [-0.3, -0.25) is 15.1 Å². The number of carbonyl (C=O) groups excluding carboxylic acids is 1. The molecule has 1 aliphatic rings. The van der Waals surface area contributed by atoms with Crippen molar-refractivity contribution < 1.29 is 18.3 Å². The van der Waals surface area contributed by atoms with Crippen molar-refractivity contribution in [3.8, 4) is 0 Å². The smallest absolute Gasteiger partial charge is 0.258 e. The molecule has 0 aromatic heterocycles. The molecule has 4 N–H and O–H groups in total. The Hall–Kier alpha value is -3.04. The standard InChI is InChI=1S/C19H21F2N5O2/c1-2-28-10-9-22-19(23-17-13-5-3-4-6-16(13)25-26-17)24-18(27)12-7-8-14(20)15(21)11-12/h3-8,11,17,25-26H,2,9-10H2,1H3,(H2,22,23,24,27). The molecule has 0 saturated carbocycles. The number of fused-ring (bicyclic) bond motifs is 1. The third-order valence-corrected chi connectivity index (χ3v) is 4.03. The van der Waals surface area contributed by atoms with Crippen LogP contribution in [-0.4, -0.2) is 31.6 Å². The Labute approximate surface area is 161 Å². The average Bonchev–Trinajstić information content (AvgIpc) is 3.10. The summed E-state index contributed by atoms with van der Waals surface area (Å²) in [5, 5.41) is 5.70. The molecule has 2 aromatic rings. The van der Waals surface area contributed by atoms with Gasteiger partial charge in [0.25, 0.3) is 5.91 Å². The maximum absolute atomic E-state index is 13.4. The first-order valence-corrected chi connectivity index (χ1v) is 8.84. The van der Waals surface area contributed by atoms with E-state index >= 15 is 0 Å². The summed E-state index contributed by atoms with van der Waals surface area (Å²) in [6, 6.07) is 10.6. The molecule has 0 aliphatic carbocycles. The van der Waals surface area contributed by atoms with Gasteiger partial charge in [0.05, 0.1) is 18.8 Å². The van der Waals surface area contributed by atoms with Crippen LogP contribution in [0.15, 0.2) is 47.5 Å². The van der Waals surface area contributed by atoms with Crippen molar-refractivity contribution in [1.82, 2.24) is 16.1 Å². The second kappa shape index (κ2) is 9.25. The topological polar surface area (TPSA) is 86.8 Å². The SMILES string of the molecule is CCOCCN=C(NC(=O)c1ccc(F)c(F)c1)NC1NNc2ccccc21. The van der Waals surface area contributed by atoms with Crippen LogP contribution >= 0.6 is 0 Å². The minimum Gasteiger partial charge on any atom is -0.380 e. The summed E-state index contributed by atoms with van der Waals surface area (Å²) in [5.74, 6) is -2.53. The van der Waals surface area contributed by atoms with Gasteiger partial charge < -0.3 is 15.5 Å². The first-order chi connectivity index (χ1) is 13.6. The van der Waals surface area contributed by atoms with E-state index in [0.717, 1.165) is 23.4 Å². The van der Waals surface area contributed by atoms with Crippen LogP contribution in [0.2, 0.25) is 0 Å². The van der Waals surface area contributed by atoms with Crippen LogP contribution in [0.1, 0.15) is 29.0 Å². The average molecular weight is 389 g/mol. The number of hydrogen-bond donors (Lipinski definition) is 4. The number of benzene rings is 2. The Morgan fingerprint density at radius 2 is 2.04 bits per heavy atom. The van der Waals surface area contributed by atoms with Gasteiger partial charge in [0, 0.05) is 17.7 Å². The van der Waals surface area contributed by atoms with Crippen LogP contribution in [-0.2, 0) is 4.74 Å². The highest BCUT2D eigenvalue weighted by atomic mass is 19.2. The zero-order chi connectivity index (χ0) is 19.9. The first kappa shape index (κ1) is 19.7. The fourth-order valence-electron chi connectivity index (χ4n) is 2.65. The molecule has 9 heteroatoms. The number of anilines is 1. The number of rotatable bonds is 6. The lowest BCUT2D eigenvalue weighted by molar-refractivity contribution is 0.0974. The van der Waals surface area contributed by atoms with E-state index < -0.39 is 17.5 Å². The third-order valence-electron chi connectivity index (χ3n) is 4.03.